The molecule has 0 fully saturated rings. The van der Waals surface area contributed by atoms with Crippen LogP contribution in [0.3, 0.4) is 0 Å². The molecule has 0 aliphatic rings. The van der Waals surface area contributed by atoms with Gasteiger partial charge in [-0.1, -0.05) is 34.8 Å². The summed E-state index contributed by atoms with van der Waals surface area (Å²) in [4.78, 5) is 0. The first-order valence-corrected chi connectivity index (χ1v) is 3.85. The summed E-state index contributed by atoms with van der Waals surface area (Å²) in [5, 5.41) is -0.617. The van der Waals surface area contributed by atoms with Crippen molar-refractivity contribution in [2.24, 2.45) is 0 Å². The zero-order valence-corrected chi connectivity index (χ0v) is 7.45. The van der Waals surface area contributed by atoms with Crippen LogP contribution in [0.25, 0.3) is 0 Å². The first kappa shape index (κ1) is 9.45. The summed E-state index contributed by atoms with van der Waals surface area (Å²) in [6.45, 7) is 0. The number of alkyl halides is 5. The Labute approximate surface area is 73.0 Å². The Kier molecular flexibility index (Phi) is 4.23. The molecule has 8 heavy (non-hydrogen) atoms. The molecular formula is C3H3Cl5. The maximum absolute atomic E-state index is 5.41. The Balaban J connectivity index is 3.62. The van der Waals surface area contributed by atoms with Gasteiger partial charge in [0.1, 0.15) is 0 Å². The molecule has 0 saturated carbocycles. The molecule has 0 aromatic carbocycles. The molecule has 0 heterocycles. The molecule has 50 valence electrons. The lowest BCUT2D eigenvalue weighted by molar-refractivity contribution is 0.993. The van der Waals surface area contributed by atoms with Gasteiger partial charge in [-0.15, -0.1) is 23.2 Å². The van der Waals surface area contributed by atoms with Gasteiger partial charge in [0.05, 0.1) is 5.38 Å². The molecular weight excluding hydrogens is 213 g/mol. The second-order valence-electron chi connectivity index (χ2n) is 1.16. The molecule has 0 aromatic heterocycles. The predicted molar refractivity (Wildman–Crippen MR) is 40.7 cm³/mol. The zero-order valence-electron chi connectivity index (χ0n) is 3.67. The summed E-state index contributed by atoms with van der Waals surface area (Å²) < 4.78 is -1.44. The van der Waals surface area contributed by atoms with Crippen LogP contribution in [0.2, 0.25) is 0 Å². The van der Waals surface area contributed by atoms with E-state index >= 15 is 0 Å². The third-order valence-corrected chi connectivity index (χ3v) is 2.56. The van der Waals surface area contributed by atoms with Gasteiger partial charge < -0.3 is 0 Å². The van der Waals surface area contributed by atoms with Crippen molar-refractivity contribution in [3.63, 3.8) is 0 Å². The fraction of sp³-hybridized carbons (Fsp3) is 1.00. The number of rotatable bonds is 1. The maximum atomic E-state index is 5.41. The number of halogens is 5. The van der Waals surface area contributed by atoms with Gasteiger partial charge in [0, 0.05) is 5.88 Å². The van der Waals surface area contributed by atoms with Crippen molar-refractivity contribution in [3.8, 4) is 0 Å². The van der Waals surface area contributed by atoms with Crippen LogP contribution in [0, 0.1) is 0 Å². The molecule has 0 rings (SSSR count). The first-order valence-electron chi connectivity index (χ1n) is 1.75. The molecule has 0 amide bonds. The van der Waals surface area contributed by atoms with Gasteiger partial charge in [-0.2, -0.15) is 0 Å². The predicted octanol–water partition coefficient (Wildman–Crippen LogP) is 3.20. The van der Waals surface area contributed by atoms with Crippen LogP contribution in [-0.2, 0) is 0 Å². The standard InChI is InChI=1S/C3H3Cl5/c4-1-2(5)3(6,7)8/h2H,1H2. The van der Waals surface area contributed by atoms with E-state index in [1.54, 1.807) is 0 Å². The van der Waals surface area contributed by atoms with Crippen molar-refractivity contribution in [1.82, 2.24) is 0 Å². The van der Waals surface area contributed by atoms with E-state index in [9.17, 15) is 0 Å². The largest absolute Gasteiger partial charge is 0.207 e. The second kappa shape index (κ2) is 3.58. The Morgan fingerprint density at radius 2 is 1.62 bits per heavy atom. The lowest BCUT2D eigenvalue weighted by Crippen LogP contribution is -2.20. The van der Waals surface area contributed by atoms with Crippen molar-refractivity contribution in [2.75, 3.05) is 5.88 Å². The highest BCUT2D eigenvalue weighted by Gasteiger charge is 2.29. The summed E-state index contributed by atoms with van der Waals surface area (Å²) in [6, 6.07) is 0. The quantitative estimate of drug-likeness (QED) is 0.590. The highest BCUT2D eigenvalue weighted by Crippen LogP contribution is 2.34. The Morgan fingerprint density at radius 1 is 1.25 bits per heavy atom. The van der Waals surface area contributed by atoms with E-state index in [4.69, 9.17) is 58.0 Å². The lowest BCUT2D eigenvalue weighted by Gasteiger charge is -2.13. The van der Waals surface area contributed by atoms with Gasteiger partial charge in [-0.05, 0) is 0 Å². The molecule has 0 saturated heterocycles. The zero-order chi connectivity index (χ0) is 6.78. The molecule has 0 aliphatic heterocycles. The van der Waals surface area contributed by atoms with Crippen LogP contribution >= 0.6 is 58.0 Å². The highest BCUT2D eigenvalue weighted by atomic mass is 35.6. The first-order chi connectivity index (χ1) is 3.48. The third-order valence-electron chi connectivity index (χ3n) is 0.491. The van der Waals surface area contributed by atoms with E-state index in [0.29, 0.717) is 0 Å². The van der Waals surface area contributed by atoms with Crippen LogP contribution < -0.4 is 0 Å². The lowest BCUT2D eigenvalue weighted by atomic mass is 10.5. The molecule has 0 nitrogen and oxygen atoms in total. The summed E-state index contributed by atoms with van der Waals surface area (Å²) >= 11 is 26.6. The molecule has 0 aliphatic carbocycles. The fourth-order valence-electron chi connectivity index (χ4n) is 0.0875. The average Bonchev–Trinajstić information content (AvgIpc) is 1.62. The van der Waals surface area contributed by atoms with Gasteiger partial charge in [-0.25, -0.2) is 0 Å². The van der Waals surface area contributed by atoms with Crippen LogP contribution in [0.15, 0.2) is 0 Å². The Bertz CT molecular complexity index is 64.6. The smallest absolute Gasteiger partial charge is 0.125 e. The van der Waals surface area contributed by atoms with Gasteiger partial charge in [0.25, 0.3) is 0 Å². The van der Waals surface area contributed by atoms with Crippen molar-refractivity contribution in [3.05, 3.63) is 0 Å². The fourth-order valence-corrected chi connectivity index (χ4v) is 0.787. The minimum Gasteiger partial charge on any atom is -0.125 e. The molecule has 5 heteroatoms. The van der Waals surface area contributed by atoms with E-state index < -0.39 is 9.17 Å². The van der Waals surface area contributed by atoms with Crippen molar-refractivity contribution in [1.29, 1.82) is 0 Å². The summed E-state index contributed by atoms with van der Waals surface area (Å²) in [5.41, 5.74) is 0. The van der Waals surface area contributed by atoms with E-state index in [2.05, 4.69) is 0 Å². The van der Waals surface area contributed by atoms with Crippen LogP contribution in [0.5, 0.6) is 0 Å². The monoisotopic (exact) mass is 214 g/mol. The third kappa shape index (κ3) is 3.47. The molecule has 0 radical (unpaired) electrons. The average molecular weight is 216 g/mol. The molecule has 0 spiro atoms. The van der Waals surface area contributed by atoms with Crippen LogP contribution in [0.4, 0.5) is 0 Å². The molecule has 0 N–H and O–H groups in total. The van der Waals surface area contributed by atoms with Gasteiger partial charge in [0.2, 0.25) is 3.79 Å². The van der Waals surface area contributed by atoms with E-state index in [1.165, 1.54) is 0 Å². The molecule has 0 aromatic rings. The van der Waals surface area contributed by atoms with Crippen LogP contribution in [-0.4, -0.2) is 15.0 Å². The highest BCUT2D eigenvalue weighted by molar-refractivity contribution is 6.70. The summed E-state index contributed by atoms with van der Waals surface area (Å²) in [5.74, 6) is 0.137. The molecule has 0 bridgehead atoms. The van der Waals surface area contributed by atoms with Gasteiger partial charge >= 0.3 is 0 Å². The SMILES string of the molecule is ClCC(Cl)C(Cl)(Cl)Cl. The summed E-state index contributed by atoms with van der Waals surface area (Å²) in [6.07, 6.45) is 0. The topological polar surface area (TPSA) is 0 Å². The van der Waals surface area contributed by atoms with Crippen molar-refractivity contribution < 1.29 is 0 Å². The van der Waals surface area contributed by atoms with Crippen LogP contribution in [0.1, 0.15) is 0 Å². The number of hydrogen-bond acceptors (Lipinski definition) is 0. The molecule has 1 atom stereocenters. The second-order valence-corrected chi connectivity index (χ2v) is 4.37. The summed E-state index contributed by atoms with van der Waals surface area (Å²) in [7, 11) is 0. The van der Waals surface area contributed by atoms with Gasteiger partial charge in [-0.3, -0.25) is 0 Å². The minimum absolute atomic E-state index is 0.137. The van der Waals surface area contributed by atoms with Crippen molar-refractivity contribution in [2.45, 2.75) is 9.17 Å². The number of hydrogen-bond donors (Lipinski definition) is 0. The van der Waals surface area contributed by atoms with E-state index in [-0.39, 0.29) is 5.88 Å². The molecule has 1 unspecified atom stereocenters. The normalized spacial score (nSPS) is 16.1. The maximum Gasteiger partial charge on any atom is 0.207 e. The Morgan fingerprint density at radius 3 is 1.62 bits per heavy atom. The van der Waals surface area contributed by atoms with Gasteiger partial charge in [0.15, 0.2) is 0 Å². The van der Waals surface area contributed by atoms with E-state index in [1.807, 2.05) is 0 Å². The minimum atomic E-state index is -1.44. The Hall–Kier alpha value is 1.45. The van der Waals surface area contributed by atoms with Crippen molar-refractivity contribution >= 4 is 58.0 Å². The van der Waals surface area contributed by atoms with E-state index in [0.717, 1.165) is 0 Å².